The largest absolute Gasteiger partial charge is 0.383 e. The number of aliphatic imine (C=N–C) groups is 1. The number of hydrogen-bond donors (Lipinski definition) is 2. The van der Waals surface area contributed by atoms with Crippen molar-refractivity contribution in [1.82, 2.24) is 15.5 Å². The van der Waals surface area contributed by atoms with Crippen molar-refractivity contribution < 1.29 is 4.74 Å². The van der Waals surface area contributed by atoms with Crippen molar-refractivity contribution in [3.63, 3.8) is 0 Å². The Kier molecular flexibility index (Phi) is 8.75. The van der Waals surface area contributed by atoms with Crippen LogP contribution in [0.5, 0.6) is 0 Å². The Labute approximate surface area is 112 Å². The first kappa shape index (κ1) is 17.2. The SMILES string of the molecule is CCNC(=NCC(C)(C)CN(C)C)NCCOC. The van der Waals surface area contributed by atoms with E-state index in [0.29, 0.717) is 6.61 Å². The van der Waals surface area contributed by atoms with E-state index in [0.717, 1.165) is 32.1 Å². The van der Waals surface area contributed by atoms with E-state index in [2.05, 4.69) is 55.4 Å². The second-order valence-electron chi connectivity index (χ2n) is 5.52. The minimum atomic E-state index is 0.174. The van der Waals surface area contributed by atoms with Crippen molar-refractivity contribution in [1.29, 1.82) is 0 Å². The third-order valence-electron chi connectivity index (χ3n) is 2.35. The highest BCUT2D eigenvalue weighted by atomic mass is 16.5. The maximum atomic E-state index is 5.02. The molecule has 108 valence electrons. The Bertz CT molecular complexity index is 239. The fourth-order valence-corrected chi connectivity index (χ4v) is 1.81. The molecule has 0 heterocycles. The average molecular weight is 258 g/mol. The van der Waals surface area contributed by atoms with Crippen molar-refractivity contribution in [2.45, 2.75) is 20.8 Å². The number of hydrogen-bond acceptors (Lipinski definition) is 3. The summed E-state index contributed by atoms with van der Waals surface area (Å²) in [5.41, 5.74) is 0.174. The maximum absolute atomic E-state index is 5.02. The van der Waals surface area contributed by atoms with Gasteiger partial charge in [0.25, 0.3) is 0 Å². The van der Waals surface area contributed by atoms with Gasteiger partial charge in [-0.3, -0.25) is 4.99 Å². The first-order chi connectivity index (χ1) is 8.41. The Morgan fingerprint density at radius 2 is 1.94 bits per heavy atom. The first-order valence-corrected chi connectivity index (χ1v) is 6.57. The zero-order valence-electron chi connectivity index (χ0n) is 12.8. The number of rotatable bonds is 8. The fourth-order valence-electron chi connectivity index (χ4n) is 1.81. The Morgan fingerprint density at radius 1 is 1.28 bits per heavy atom. The molecule has 0 radical (unpaired) electrons. The lowest BCUT2D eigenvalue weighted by Gasteiger charge is -2.26. The zero-order valence-corrected chi connectivity index (χ0v) is 12.8. The van der Waals surface area contributed by atoms with Crippen molar-refractivity contribution in [2.75, 3.05) is 54.0 Å². The summed E-state index contributed by atoms with van der Waals surface area (Å²) < 4.78 is 5.02. The molecule has 0 aromatic heterocycles. The van der Waals surface area contributed by atoms with Gasteiger partial charge in [0, 0.05) is 33.3 Å². The normalized spacial score (nSPS) is 12.9. The molecule has 5 heteroatoms. The summed E-state index contributed by atoms with van der Waals surface area (Å²) in [6.07, 6.45) is 0. The minimum absolute atomic E-state index is 0.174. The highest BCUT2D eigenvalue weighted by Gasteiger charge is 2.18. The highest BCUT2D eigenvalue weighted by molar-refractivity contribution is 5.79. The molecule has 0 bridgehead atoms. The zero-order chi connectivity index (χ0) is 14.0. The molecule has 0 fully saturated rings. The molecule has 5 nitrogen and oxygen atoms in total. The van der Waals surface area contributed by atoms with Gasteiger partial charge in [-0.2, -0.15) is 0 Å². The van der Waals surface area contributed by atoms with Crippen LogP contribution in [-0.4, -0.2) is 64.9 Å². The van der Waals surface area contributed by atoms with Crippen LogP contribution in [0.3, 0.4) is 0 Å². The maximum Gasteiger partial charge on any atom is 0.191 e. The van der Waals surface area contributed by atoms with Crippen LogP contribution in [0.25, 0.3) is 0 Å². The number of nitrogens with one attached hydrogen (secondary N) is 2. The lowest BCUT2D eigenvalue weighted by Crippen LogP contribution is -2.40. The summed E-state index contributed by atoms with van der Waals surface area (Å²) in [6.45, 7) is 10.7. The minimum Gasteiger partial charge on any atom is -0.383 e. The van der Waals surface area contributed by atoms with Gasteiger partial charge in [0.1, 0.15) is 0 Å². The third-order valence-corrected chi connectivity index (χ3v) is 2.35. The summed E-state index contributed by atoms with van der Waals surface area (Å²) in [5, 5.41) is 6.48. The quantitative estimate of drug-likeness (QED) is 0.384. The van der Waals surface area contributed by atoms with Crippen LogP contribution in [0.4, 0.5) is 0 Å². The number of nitrogens with zero attached hydrogens (tertiary/aromatic N) is 2. The van der Waals surface area contributed by atoms with Crippen LogP contribution in [0.2, 0.25) is 0 Å². The van der Waals surface area contributed by atoms with Crippen molar-refractivity contribution >= 4 is 5.96 Å². The lowest BCUT2D eigenvalue weighted by molar-refractivity contribution is 0.203. The summed E-state index contributed by atoms with van der Waals surface area (Å²) in [7, 11) is 5.88. The van der Waals surface area contributed by atoms with Crippen LogP contribution in [-0.2, 0) is 4.74 Å². The van der Waals surface area contributed by atoms with E-state index in [1.54, 1.807) is 7.11 Å². The van der Waals surface area contributed by atoms with E-state index in [1.165, 1.54) is 0 Å². The van der Waals surface area contributed by atoms with Crippen LogP contribution < -0.4 is 10.6 Å². The van der Waals surface area contributed by atoms with E-state index >= 15 is 0 Å². The van der Waals surface area contributed by atoms with Gasteiger partial charge in [-0.25, -0.2) is 0 Å². The van der Waals surface area contributed by atoms with Gasteiger partial charge in [0.05, 0.1) is 6.61 Å². The van der Waals surface area contributed by atoms with Gasteiger partial charge in [0.2, 0.25) is 0 Å². The Balaban J connectivity index is 4.27. The van der Waals surface area contributed by atoms with Gasteiger partial charge in [-0.05, 0) is 26.4 Å². The van der Waals surface area contributed by atoms with Crippen molar-refractivity contribution in [3.8, 4) is 0 Å². The predicted octanol–water partition coefficient (Wildman–Crippen LogP) is 0.776. The van der Waals surface area contributed by atoms with Crippen LogP contribution >= 0.6 is 0 Å². The van der Waals surface area contributed by atoms with Gasteiger partial charge in [-0.15, -0.1) is 0 Å². The lowest BCUT2D eigenvalue weighted by atomic mass is 9.93. The molecule has 0 saturated carbocycles. The van der Waals surface area contributed by atoms with Crippen LogP contribution in [0.1, 0.15) is 20.8 Å². The molecule has 2 N–H and O–H groups in total. The summed E-state index contributed by atoms with van der Waals surface area (Å²) >= 11 is 0. The molecule has 0 aromatic carbocycles. The Morgan fingerprint density at radius 3 is 2.44 bits per heavy atom. The molecule has 0 amide bonds. The topological polar surface area (TPSA) is 48.9 Å². The first-order valence-electron chi connectivity index (χ1n) is 6.57. The molecule has 0 rings (SSSR count). The Hall–Kier alpha value is -0.810. The van der Waals surface area contributed by atoms with E-state index in [1.807, 2.05) is 0 Å². The van der Waals surface area contributed by atoms with Gasteiger partial charge in [-0.1, -0.05) is 13.8 Å². The molecule has 0 unspecified atom stereocenters. The predicted molar refractivity (Wildman–Crippen MR) is 78.2 cm³/mol. The van der Waals surface area contributed by atoms with E-state index in [9.17, 15) is 0 Å². The molecule has 0 aliphatic rings. The monoisotopic (exact) mass is 258 g/mol. The van der Waals surface area contributed by atoms with Crippen LogP contribution in [0, 0.1) is 5.41 Å². The summed E-state index contributed by atoms with van der Waals surface area (Å²) in [4.78, 5) is 6.82. The van der Waals surface area contributed by atoms with Gasteiger partial charge >= 0.3 is 0 Å². The summed E-state index contributed by atoms with van der Waals surface area (Å²) in [5.74, 6) is 0.862. The van der Waals surface area contributed by atoms with E-state index in [4.69, 9.17) is 4.74 Å². The molecule has 0 atom stereocenters. The molecular weight excluding hydrogens is 228 g/mol. The second-order valence-corrected chi connectivity index (χ2v) is 5.52. The highest BCUT2D eigenvalue weighted by Crippen LogP contribution is 2.15. The molecule has 0 saturated heterocycles. The van der Waals surface area contributed by atoms with Gasteiger partial charge < -0.3 is 20.3 Å². The molecule has 0 spiro atoms. The number of guanidine groups is 1. The smallest absolute Gasteiger partial charge is 0.191 e. The number of methoxy groups -OCH3 is 1. The third kappa shape index (κ3) is 9.24. The van der Waals surface area contributed by atoms with E-state index in [-0.39, 0.29) is 5.41 Å². The van der Waals surface area contributed by atoms with E-state index < -0.39 is 0 Å². The standard InChI is InChI=1S/C13H30N4O/c1-7-14-12(15-8-9-18-6)16-10-13(2,3)11-17(4)5/h7-11H2,1-6H3,(H2,14,15,16). The molecule has 0 aliphatic carbocycles. The average Bonchev–Trinajstić information content (AvgIpc) is 2.24. The molecular formula is C13H30N4O. The van der Waals surface area contributed by atoms with Crippen molar-refractivity contribution in [3.05, 3.63) is 0 Å². The summed E-state index contributed by atoms with van der Waals surface area (Å²) in [6, 6.07) is 0. The molecule has 0 aromatic rings. The number of ether oxygens (including phenoxy) is 1. The molecule has 18 heavy (non-hydrogen) atoms. The van der Waals surface area contributed by atoms with Gasteiger partial charge in [0.15, 0.2) is 5.96 Å². The fraction of sp³-hybridized carbons (Fsp3) is 0.923. The molecule has 0 aliphatic heterocycles. The van der Waals surface area contributed by atoms with Crippen LogP contribution in [0.15, 0.2) is 4.99 Å². The second kappa shape index (κ2) is 9.16. The van der Waals surface area contributed by atoms with Crippen molar-refractivity contribution in [2.24, 2.45) is 10.4 Å².